The molecule has 2 heterocycles. The van der Waals surface area contributed by atoms with Gasteiger partial charge < -0.3 is 10.2 Å². The van der Waals surface area contributed by atoms with Crippen LogP contribution in [0.3, 0.4) is 0 Å². The van der Waals surface area contributed by atoms with Gasteiger partial charge in [0.05, 0.1) is 6.04 Å². The van der Waals surface area contributed by atoms with Crippen molar-refractivity contribution in [2.75, 3.05) is 32.7 Å². The van der Waals surface area contributed by atoms with Gasteiger partial charge in [-0.25, -0.2) is 0 Å². The van der Waals surface area contributed by atoms with Gasteiger partial charge in [0.25, 0.3) is 0 Å². The smallest absolute Gasteiger partial charge is 0.239 e. The summed E-state index contributed by atoms with van der Waals surface area (Å²) in [6, 6.07) is 0.560. The Morgan fingerprint density at radius 3 is 2.61 bits per heavy atom. The van der Waals surface area contributed by atoms with E-state index in [2.05, 4.69) is 37.9 Å². The number of fused-ring (bicyclic) bond motifs is 1. The molecule has 0 aromatic rings. The van der Waals surface area contributed by atoms with Gasteiger partial charge in [-0.15, -0.1) is 0 Å². The lowest BCUT2D eigenvalue weighted by Gasteiger charge is -2.33. The molecule has 18 heavy (non-hydrogen) atoms. The molecular weight excluding hydrogens is 226 g/mol. The van der Waals surface area contributed by atoms with E-state index in [0.29, 0.717) is 11.9 Å². The molecule has 0 aliphatic carbocycles. The van der Waals surface area contributed by atoms with E-state index in [9.17, 15) is 4.79 Å². The predicted molar refractivity (Wildman–Crippen MR) is 73.4 cm³/mol. The molecular formula is C14H27N3O. The van der Waals surface area contributed by atoms with Gasteiger partial charge in [0.2, 0.25) is 5.91 Å². The van der Waals surface area contributed by atoms with Crippen molar-refractivity contribution in [3.05, 3.63) is 0 Å². The molecule has 0 aromatic carbocycles. The number of carbonyl (C=O) groups is 1. The monoisotopic (exact) mass is 253 g/mol. The maximum atomic E-state index is 12.4. The maximum Gasteiger partial charge on any atom is 0.239 e. The van der Waals surface area contributed by atoms with E-state index in [0.717, 1.165) is 44.6 Å². The summed E-state index contributed by atoms with van der Waals surface area (Å²) in [6.45, 7) is 13.4. The van der Waals surface area contributed by atoms with Crippen molar-refractivity contribution >= 4 is 5.91 Å². The van der Waals surface area contributed by atoms with Crippen LogP contribution >= 0.6 is 0 Å². The first-order valence-electron chi connectivity index (χ1n) is 7.35. The van der Waals surface area contributed by atoms with Crippen LogP contribution in [0.2, 0.25) is 0 Å². The van der Waals surface area contributed by atoms with Crippen LogP contribution in [0.25, 0.3) is 0 Å². The van der Waals surface area contributed by atoms with Crippen LogP contribution in [0.4, 0.5) is 0 Å². The highest BCUT2D eigenvalue weighted by molar-refractivity contribution is 5.81. The quantitative estimate of drug-likeness (QED) is 0.804. The number of likely N-dealkylation sites (N-methyl/N-ethyl adjacent to an activating group) is 1. The third-order valence-corrected chi connectivity index (χ3v) is 4.91. The minimum atomic E-state index is 0.0329. The molecule has 104 valence electrons. The van der Waals surface area contributed by atoms with Crippen LogP contribution in [-0.2, 0) is 4.79 Å². The first-order chi connectivity index (χ1) is 8.60. The Morgan fingerprint density at radius 2 is 2.06 bits per heavy atom. The molecule has 0 radical (unpaired) electrons. The lowest BCUT2D eigenvalue weighted by molar-refractivity contribution is -0.136. The number of likely N-dealkylation sites (tertiary alicyclic amines) is 1. The molecule has 0 saturated carbocycles. The molecule has 0 spiro atoms. The molecule has 2 rings (SSSR count). The Labute approximate surface area is 111 Å². The Hall–Kier alpha value is -0.610. The summed E-state index contributed by atoms with van der Waals surface area (Å²) >= 11 is 0. The average molecular weight is 253 g/mol. The summed E-state index contributed by atoms with van der Waals surface area (Å²) < 4.78 is 0. The Balaban J connectivity index is 2.01. The van der Waals surface area contributed by atoms with Crippen LogP contribution in [0.1, 0.15) is 27.7 Å². The van der Waals surface area contributed by atoms with Crippen LogP contribution in [0, 0.1) is 11.8 Å². The van der Waals surface area contributed by atoms with E-state index in [1.807, 2.05) is 4.90 Å². The summed E-state index contributed by atoms with van der Waals surface area (Å²) in [6.07, 6.45) is 0. The fourth-order valence-electron chi connectivity index (χ4n) is 3.65. The van der Waals surface area contributed by atoms with Crippen molar-refractivity contribution in [3.63, 3.8) is 0 Å². The minimum Gasteiger partial charge on any atom is -0.342 e. The van der Waals surface area contributed by atoms with Crippen molar-refractivity contribution in [2.45, 2.75) is 39.8 Å². The fourth-order valence-corrected chi connectivity index (χ4v) is 3.65. The normalized spacial score (nSPS) is 33.4. The molecule has 1 amide bonds. The van der Waals surface area contributed by atoms with Crippen molar-refractivity contribution in [3.8, 4) is 0 Å². The maximum absolute atomic E-state index is 12.4. The topological polar surface area (TPSA) is 35.6 Å². The number of rotatable bonds is 4. The Morgan fingerprint density at radius 1 is 1.39 bits per heavy atom. The third kappa shape index (κ3) is 2.28. The minimum absolute atomic E-state index is 0.0329. The van der Waals surface area contributed by atoms with E-state index < -0.39 is 0 Å². The zero-order chi connectivity index (χ0) is 13.3. The van der Waals surface area contributed by atoms with Gasteiger partial charge in [0.15, 0.2) is 0 Å². The van der Waals surface area contributed by atoms with Crippen molar-refractivity contribution in [2.24, 2.45) is 11.8 Å². The predicted octanol–water partition coefficient (Wildman–Crippen LogP) is 0.783. The number of hydrogen-bond acceptors (Lipinski definition) is 3. The zero-order valence-electron chi connectivity index (χ0n) is 12.1. The van der Waals surface area contributed by atoms with E-state index in [1.165, 1.54) is 0 Å². The molecule has 4 nitrogen and oxygen atoms in total. The van der Waals surface area contributed by atoms with Gasteiger partial charge in [0.1, 0.15) is 0 Å². The number of carbonyl (C=O) groups excluding carboxylic acids is 1. The molecule has 2 aliphatic rings. The molecule has 0 aromatic heterocycles. The lowest BCUT2D eigenvalue weighted by Crippen LogP contribution is -2.49. The van der Waals surface area contributed by atoms with E-state index in [4.69, 9.17) is 0 Å². The van der Waals surface area contributed by atoms with Crippen molar-refractivity contribution in [1.82, 2.24) is 15.1 Å². The molecule has 4 heteroatoms. The van der Waals surface area contributed by atoms with Gasteiger partial charge in [-0.3, -0.25) is 9.69 Å². The molecule has 1 N–H and O–H groups in total. The first-order valence-corrected chi connectivity index (χ1v) is 7.35. The average Bonchev–Trinajstić information content (AvgIpc) is 2.93. The van der Waals surface area contributed by atoms with Crippen LogP contribution < -0.4 is 5.32 Å². The van der Waals surface area contributed by atoms with Gasteiger partial charge in [0, 0.05) is 25.7 Å². The van der Waals surface area contributed by atoms with Gasteiger partial charge in [-0.2, -0.15) is 0 Å². The second-order valence-corrected chi connectivity index (χ2v) is 5.71. The van der Waals surface area contributed by atoms with Crippen LogP contribution in [0.5, 0.6) is 0 Å². The molecule has 2 fully saturated rings. The van der Waals surface area contributed by atoms with Gasteiger partial charge >= 0.3 is 0 Å². The second kappa shape index (κ2) is 5.57. The first kappa shape index (κ1) is 13.8. The molecule has 2 saturated heterocycles. The van der Waals surface area contributed by atoms with Crippen LogP contribution in [-0.4, -0.2) is 60.5 Å². The standard InChI is InChI=1S/C14H27N3O/c1-5-16(6-2)14(18)11(4)17-9-12-7-15-8-13(12)10(17)3/h10-13,15H,5-9H2,1-4H3. The second-order valence-electron chi connectivity index (χ2n) is 5.71. The third-order valence-electron chi connectivity index (χ3n) is 4.91. The van der Waals surface area contributed by atoms with E-state index >= 15 is 0 Å². The summed E-state index contributed by atoms with van der Waals surface area (Å²) in [7, 11) is 0. The zero-order valence-corrected chi connectivity index (χ0v) is 12.1. The van der Waals surface area contributed by atoms with Crippen molar-refractivity contribution < 1.29 is 4.79 Å². The SMILES string of the molecule is CCN(CC)C(=O)C(C)N1CC2CNCC2C1C. The number of nitrogens with zero attached hydrogens (tertiary/aromatic N) is 2. The Bertz CT molecular complexity index is 303. The highest BCUT2D eigenvalue weighted by Gasteiger charge is 2.44. The van der Waals surface area contributed by atoms with Crippen molar-refractivity contribution in [1.29, 1.82) is 0 Å². The van der Waals surface area contributed by atoms with Crippen LogP contribution in [0.15, 0.2) is 0 Å². The number of amides is 1. The molecule has 0 bridgehead atoms. The summed E-state index contributed by atoms with van der Waals surface area (Å²) in [5.41, 5.74) is 0. The van der Waals surface area contributed by atoms with Gasteiger partial charge in [-0.05, 0) is 52.6 Å². The number of nitrogens with one attached hydrogen (secondary N) is 1. The Kier molecular flexibility index (Phi) is 4.28. The largest absolute Gasteiger partial charge is 0.342 e. The fraction of sp³-hybridized carbons (Fsp3) is 0.929. The highest BCUT2D eigenvalue weighted by atomic mass is 16.2. The number of hydrogen-bond donors (Lipinski definition) is 1. The van der Waals surface area contributed by atoms with E-state index in [1.54, 1.807) is 0 Å². The lowest BCUT2D eigenvalue weighted by atomic mass is 9.95. The van der Waals surface area contributed by atoms with E-state index in [-0.39, 0.29) is 6.04 Å². The summed E-state index contributed by atoms with van der Waals surface area (Å²) in [5, 5.41) is 3.47. The molecule has 2 aliphatic heterocycles. The molecule has 4 unspecified atom stereocenters. The summed E-state index contributed by atoms with van der Waals surface area (Å²) in [4.78, 5) is 16.8. The highest BCUT2D eigenvalue weighted by Crippen LogP contribution is 2.33. The molecule has 4 atom stereocenters. The summed E-state index contributed by atoms with van der Waals surface area (Å²) in [5.74, 6) is 1.77. The van der Waals surface area contributed by atoms with Gasteiger partial charge in [-0.1, -0.05) is 0 Å².